The molecule has 4 heterocycles. The minimum atomic E-state index is -0.348. The number of benzene rings is 1. The van der Waals surface area contributed by atoms with Crippen LogP contribution in [0.5, 0.6) is 5.75 Å². The third-order valence-corrected chi connectivity index (χ3v) is 6.82. The summed E-state index contributed by atoms with van der Waals surface area (Å²) in [6, 6.07) is 9.81. The zero-order valence-corrected chi connectivity index (χ0v) is 21.1. The van der Waals surface area contributed by atoms with Crippen molar-refractivity contribution in [3.8, 4) is 5.75 Å². The fraction of sp³-hybridized carbons (Fsp3) is 0.308. The summed E-state index contributed by atoms with van der Waals surface area (Å²) >= 11 is 12.6. The first-order valence-corrected chi connectivity index (χ1v) is 12.4. The molecule has 35 heavy (non-hydrogen) atoms. The normalized spacial score (nSPS) is 17.4. The molecular formula is C26H26Cl2N6O. The second-order valence-corrected chi connectivity index (χ2v) is 9.82. The van der Waals surface area contributed by atoms with Crippen LogP contribution in [0.1, 0.15) is 49.0 Å². The number of fused-ring (bicyclic) bond motifs is 1. The molecule has 0 aliphatic carbocycles. The number of halogens is 2. The SMILES string of the molecule is CC1CCN(Cc2ccc(/C=C/c3n[nH]c4ccc(O[C@H](C)c5c(Cl)cncc5Cl)cc34)nn2)C1. The smallest absolute Gasteiger partial charge is 0.124 e. The van der Waals surface area contributed by atoms with Crippen LogP contribution in [-0.4, -0.2) is 43.4 Å². The van der Waals surface area contributed by atoms with Gasteiger partial charge >= 0.3 is 0 Å². The standard InChI is InChI=1S/C26H26Cl2N6O/c1-16-9-10-34(14-16)15-19-4-3-18(30-31-19)5-7-24-21-11-20(6-8-25(21)33-32-24)35-17(2)26-22(27)12-29-13-23(26)28/h3-8,11-13,16-17H,9-10,14-15H2,1-2H3,(H,32,33)/b7-5+/t16?,17-/m1/s1. The molecule has 9 heteroatoms. The largest absolute Gasteiger partial charge is 0.486 e. The van der Waals surface area contributed by atoms with E-state index in [1.54, 1.807) is 12.4 Å². The Morgan fingerprint density at radius 3 is 2.69 bits per heavy atom. The van der Waals surface area contributed by atoms with E-state index in [1.165, 1.54) is 6.42 Å². The Kier molecular flexibility index (Phi) is 7.00. The minimum absolute atomic E-state index is 0.348. The molecule has 0 amide bonds. The van der Waals surface area contributed by atoms with Crippen molar-refractivity contribution >= 4 is 46.3 Å². The van der Waals surface area contributed by atoms with Gasteiger partial charge in [0.25, 0.3) is 0 Å². The number of rotatable bonds is 7. The first-order valence-electron chi connectivity index (χ1n) is 11.6. The summed E-state index contributed by atoms with van der Waals surface area (Å²) in [6.07, 6.45) is 7.87. The van der Waals surface area contributed by atoms with Gasteiger partial charge in [0.1, 0.15) is 11.9 Å². The molecule has 180 valence electrons. The van der Waals surface area contributed by atoms with E-state index in [1.807, 2.05) is 49.4 Å². The maximum atomic E-state index is 6.29. The van der Waals surface area contributed by atoms with E-state index in [9.17, 15) is 0 Å². The Bertz CT molecular complexity index is 1330. The third kappa shape index (κ3) is 5.48. The highest BCUT2D eigenvalue weighted by atomic mass is 35.5. The summed E-state index contributed by atoms with van der Waals surface area (Å²) in [4.78, 5) is 6.43. The second kappa shape index (κ2) is 10.3. The molecular weight excluding hydrogens is 483 g/mol. The molecule has 1 N–H and O–H groups in total. The van der Waals surface area contributed by atoms with E-state index in [-0.39, 0.29) is 6.10 Å². The van der Waals surface area contributed by atoms with E-state index in [4.69, 9.17) is 27.9 Å². The summed E-state index contributed by atoms with van der Waals surface area (Å²) < 4.78 is 6.14. The molecule has 1 unspecified atom stereocenters. The fourth-order valence-corrected chi connectivity index (χ4v) is 5.07. The average Bonchev–Trinajstić information content (AvgIpc) is 3.44. The lowest BCUT2D eigenvalue weighted by molar-refractivity contribution is 0.227. The average molecular weight is 509 g/mol. The highest BCUT2D eigenvalue weighted by Gasteiger charge is 2.19. The van der Waals surface area contributed by atoms with Crippen LogP contribution in [0.3, 0.4) is 0 Å². The number of hydrogen-bond donors (Lipinski definition) is 1. The number of H-pyrrole nitrogens is 1. The molecule has 1 saturated heterocycles. The number of likely N-dealkylation sites (tertiary alicyclic amines) is 1. The maximum Gasteiger partial charge on any atom is 0.124 e. The highest BCUT2D eigenvalue weighted by Crippen LogP contribution is 2.33. The number of hydrogen-bond acceptors (Lipinski definition) is 6. The van der Waals surface area contributed by atoms with Crippen molar-refractivity contribution in [2.24, 2.45) is 5.92 Å². The van der Waals surface area contributed by atoms with Crippen molar-refractivity contribution < 1.29 is 4.74 Å². The second-order valence-electron chi connectivity index (χ2n) is 9.00. The van der Waals surface area contributed by atoms with Crippen molar-refractivity contribution in [3.63, 3.8) is 0 Å². The van der Waals surface area contributed by atoms with Crippen LogP contribution >= 0.6 is 23.2 Å². The number of pyridine rings is 1. The first-order chi connectivity index (χ1) is 17.0. The number of aromatic nitrogens is 5. The minimum Gasteiger partial charge on any atom is -0.486 e. The molecule has 4 aromatic rings. The van der Waals surface area contributed by atoms with Gasteiger partial charge in [0.2, 0.25) is 0 Å². The van der Waals surface area contributed by atoms with E-state index in [0.717, 1.165) is 53.5 Å². The number of ether oxygens (including phenoxy) is 1. The Hall–Kier alpha value is -3.00. The molecule has 1 aromatic carbocycles. The highest BCUT2D eigenvalue weighted by molar-refractivity contribution is 6.35. The lowest BCUT2D eigenvalue weighted by Gasteiger charge is -2.17. The van der Waals surface area contributed by atoms with Gasteiger partial charge in [0.05, 0.1) is 32.6 Å². The molecule has 2 atom stereocenters. The Morgan fingerprint density at radius 2 is 1.97 bits per heavy atom. The summed E-state index contributed by atoms with van der Waals surface area (Å²) in [5.41, 5.74) is 4.17. The van der Waals surface area contributed by atoms with E-state index in [0.29, 0.717) is 21.4 Å². The van der Waals surface area contributed by atoms with Gasteiger partial charge in [-0.1, -0.05) is 30.1 Å². The van der Waals surface area contributed by atoms with Crippen LogP contribution in [0.25, 0.3) is 23.1 Å². The fourth-order valence-electron chi connectivity index (χ4n) is 4.39. The van der Waals surface area contributed by atoms with Crippen molar-refractivity contribution in [2.45, 2.75) is 32.9 Å². The molecule has 1 aliphatic rings. The zero-order valence-electron chi connectivity index (χ0n) is 19.6. The molecule has 5 rings (SSSR count). The number of aromatic amines is 1. The van der Waals surface area contributed by atoms with Crippen LogP contribution in [0.15, 0.2) is 42.7 Å². The van der Waals surface area contributed by atoms with Crippen LogP contribution in [0.4, 0.5) is 0 Å². The van der Waals surface area contributed by atoms with Gasteiger partial charge < -0.3 is 4.74 Å². The molecule has 0 radical (unpaired) electrons. The Labute approximate surface area is 214 Å². The predicted molar refractivity (Wildman–Crippen MR) is 139 cm³/mol. The third-order valence-electron chi connectivity index (χ3n) is 6.22. The van der Waals surface area contributed by atoms with Gasteiger partial charge in [-0.2, -0.15) is 15.3 Å². The van der Waals surface area contributed by atoms with Crippen molar-refractivity contribution in [1.29, 1.82) is 0 Å². The van der Waals surface area contributed by atoms with Gasteiger partial charge in [0, 0.05) is 36.4 Å². The van der Waals surface area contributed by atoms with Crippen molar-refractivity contribution in [3.05, 3.63) is 75.4 Å². The van der Waals surface area contributed by atoms with Gasteiger partial charge in [-0.25, -0.2) is 0 Å². The van der Waals surface area contributed by atoms with Crippen LogP contribution in [-0.2, 0) is 6.54 Å². The van der Waals surface area contributed by atoms with Crippen LogP contribution in [0.2, 0.25) is 10.0 Å². The van der Waals surface area contributed by atoms with Gasteiger partial charge in [-0.3, -0.25) is 15.0 Å². The Morgan fingerprint density at radius 1 is 1.14 bits per heavy atom. The molecule has 0 spiro atoms. The van der Waals surface area contributed by atoms with Gasteiger partial charge in [-0.05, 0) is 68.3 Å². The lowest BCUT2D eigenvalue weighted by atomic mass is 10.1. The van der Waals surface area contributed by atoms with Gasteiger partial charge in [-0.15, -0.1) is 0 Å². The molecule has 1 fully saturated rings. The quantitative estimate of drug-likeness (QED) is 0.319. The van der Waals surface area contributed by atoms with E-state index in [2.05, 4.69) is 37.2 Å². The molecule has 3 aromatic heterocycles. The monoisotopic (exact) mass is 508 g/mol. The summed E-state index contributed by atoms with van der Waals surface area (Å²) in [5, 5.41) is 18.1. The Balaban J connectivity index is 1.30. The van der Waals surface area contributed by atoms with Crippen molar-refractivity contribution in [2.75, 3.05) is 13.1 Å². The summed E-state index contributed by atoms with van der Waals surface area (Å²) in [6.45, 7) is 7.30. The molecule has 0 bridgehead atoms. The summed E-state index contributed by atoms with van der Waals surface area (Å²) in [5.74, 6) is 1.44. The topological polar surface area (TPSA) is 79.8 Å². The van der Waals surface area contributed by atoms with Crippen molar-refractivity contribution in [1.82, 2.24) is 30.3 Å². The molecule has 7 nitrogen and oxygen atoms in total. The molecule has 1 aliphatic heterocycles. The van der Waals surface area contributed by atoms with Crippen LogP contribution in [0, 0.1) is 5.92 Å². The number of nitrogens with zero attached hydrogens (tertiary/aromatic N) is 5. The maximum absolute atomic E-state index is 6.29. The van der Waals surface area contributed by atoms with E-state index < -0.39 is 0 Å². The summed E-state index contributed by atoms with van der Waals surface area (Å²) in [7, 11) is 0. The first kappa shape index (κ1) is 23.7. The zero-order chi connectivity index (χ0) is 24.4. The molecule has 0 saturated carbocycles. The number of nitrogens with one attached hydrogen (secondary N) is 1. The van der Waals surface area contributed by atoms with Gasteiger partial charge in [0.15, 0.2) is 0 Å². The van der Waals surface area contributed by atoms with Crippen LogP contribution < -0.4 is 4.74 Å². The predicted octanol–water partition coefficient (Wildman–Crippen LogP) is 6.21. The lowest BCUT2D eigenvalue weighted by Crippen LogP contribution is -2.20. The van der Waals surface area contributed by atoms with E-state index >= 15 is 0 Å².